The van der Waals surface area contributed by atoms with Gasteiger partial charge in [-0.05, 0) is 19.3 Å². The Morgan fingerprint density at radius 2 is 1.67 bits per heavy atom. The zero-order chi connectivity index (χ0) is 19.5. The minimum absolute atomic E-state index is 0. The molecule has 0 aliphatic carbocycles. The molecule has 27 heavy (non-hydrogen) atoms. The average Bonchev–Trinajstić information content (AvgIpc) is 2.62. The fourth-order valence-corrected chi connectivity index (χ4v) is 2.50. The zero-order valence-corrected chi connectivity index (χ0v) is 19.1. The normalized spacial score (nSPS) is 11.9. The molecule has 1 unspecified atom stereocenters. The monoisotopic (exact) mass is 394 g/mol. The maximum absolute atomic E-state index is 11.6. The van der Waals surface area contributed by atoms with Crippen LogP contribution in [0.15, 0.2) is 12.2 Å². The van der Waals surface area contributed by atoms with Gasteiger partial charge in [0.05, 0.1) is 26.2 Å². The molecule has 7 heteroatoms. The molecular weight excluding hydrogens is 359 g/mol. The van der Waals surface area contributed by atoms with Crippen molar-refractivity contribution >= 4 is 11.9 Å². The average molecular weight is 394 g/mol. The van der Waals surface area contributed by atoms with Crippen molar-refractivity contribution in [3.63, 3.8) is 0 Å². The molecule has 0 aromatic rings. The number of carbonyl (C=O) groups is 2. The van der Waals surface area contributed by atoms with Gasteiger partial charge in [-0.15, -0.1) is 0 Å². The largest absolute Gasteiger partial charge is 1.00 e. The number of ether oxygens (including phenoxy) is 2. The van der Waals surface area contributed by atoms with E-state index in [0.29, 0.717) is 0 Å². The van der Waals surface area contributed by atoms with Gasteiger partial charge < -0.3 is 24.5 Å². The Balaban J connectivity index is 0. The second-order valence-corrected chi connectivity index (χ2v) is 6.39. The molecule has 0 bridgehead atoms. The number of unbranched alkanes of at least 4 members (excludes halogenated alkanes) is 7. The van der Waals surface area contributed by atoms with Crippen molar-refractivity contribution in [2.24, 2.45) is 5.92 Å². The topological polar surface area (TPSA) is 95.9 Å². The number of esters is 1. The molecule has 0 saturated heterocycles. The zero-order valence-electron chi connectivity index (χ0n) is 17.1. The molecule has 0 rings (SSSR count). The molecule has 0 aromatic heterocycles. The summed E-state index contributed by atoms with van der Waals surface area (Å²) in [6.07, 6.45) is 13.5. The van der Waals surface area contributed by atoms with Crippen LogP contribution in [-0.2, 0) is 19.1 Å². The molecule has 1 atom stereocenters. The van der Waals surface area contributed by atoms with E-state index in [0.717, 1.165) is 12.8 Å². The van der Waals surface area contributed by atoms with Crippen LogP contribution in [0.5, 0.6) is 0 Å². The maximum Gasteiger partial charge on any atom is 1.00 e. The Morgan fingerprint density at radius 1 is 1.00 bits per heavy atom. The number of aliphatic hydroxyl groups is 1. The fraction of sp³-hybridized carbons (Fsp3) is 0.800. The van der Waals surface area contributed by atoms with Gasteiger partial charge in [0.2, 0.25) is 0 Å². The predicted octanol–water partition coefficient (Wildman–Crippen LogP) is -0.614. The third-order valence-electron chi connectivity index (χ3n) is 4.03. The molecule has 0 heterocycles. The van der Waals surface area contributed by atoms with Crippen molar-refractivity contribution in [2.75, 3.05) is 26.4 Å². The molecule has 0 aromatic carbocycles. The summed E-state index contributed by atoms with van der Waals surface area (Å²) < 4.78 is 9.87. The van der Waals surface area contributed by atoms with Crippen LogP contribution in [-0.4, -0.2) is 43.5 Å². The van der Waals surface area contributed by atoms with Gasteiger partial charge in [-0.1, -0.05) is 57.6 Å². The van der Waals surface area contributed by atoms with Crippen LogP contribution < -0.4 is 34.7 Å². The maximum atomic E-state index is 11.6. The molecule has 0 radical (unpaired) electrons. The standard InChI is InChI=1S/C20H36O6.Na/c1-2-3-4-5-6-7-8-9-10-11-12-18(20(23)24)17-19(22)26-16-15-25-14-13-21;/h10-11,18,21H,2-9,12-17H2,1H3,(H,23,24);/q;+1/p-1/b11-10+;. The number of allylic oxidation sites excluding steroid dienone is 2. The Bertz CT molecular complexity index is 387. The fourth-order valence-electron chi connectivity index (χ4n) is 2.50. The second kappa shape index (κ2) is 21.9. The van der Waals surface area contributed by atoms with Gasteiger partial charge in [0.15, 0.2) is 0 Å². The van der Waals surface area contributed by atoms with E-state index >= 15 is 0 Å². The predicted molar refractivity (Wildman–Crippen MR) is 98.3 cm³/mol. The summed E-state index contributed by atoms with van der Waals surface area (Å²) in [7, 11) is 0. The molecule has 0 fully saturated rings. The van der Waals surface area contributed by atoms with Gasteiger partial charge in [-0.2, -0.15) is 0 Å². The summed E-state index contributed by atoms with van der Waals surface area (Å²) in [5, 5.41) is 19.7. The Labute approximate surface area is 186 Å². The van der Waals surface area contributed by atoms with E-state index in [2.05, 4.69) is 6.92 Å². The molecule has 6 nitrogen and oxygen atoms in total. The smallest absolute Gasteiger partial charge is 0.550 e. The number of aliphatic carboxylic acids is 1. The molecule has 0 spiro atoms. The van der Waals surface area contributed by atoms with E-state index in [1.54, 1.807) is 0 Å². The molecule has 152 valence electrons. The SMILES string of the molecule is CCCCCCCCC/C=C/CC(CC(=O)OCCOCCO)C(=O)[O-].[Na+]. The summed E-state index contributed by atoms with van der Waals surface area (Å²) in [6.45, 7) is 2.53. The second-order valence-electron chi connectivity index (χ2n) is 6.39. The molecular formula is C20H35NaO6. The minimum atomic E-state index is -1.24. The van der Waals surface area contributed by atoms with Crippen molar-refractivity contribution in [1.29, 1.82) is 0 Å². The van der Waals surface area contributed by atoms with Crippen LogP contribution in [0.1, 0.15) is 71.1 Å². The van der Waals surface area contributed by atoms with E-state index in [4.69, 9.17) is 14.6 Å². The van der Waals surface area contributed by atoms with E-state index in [1.165, 1.54) is 38.5 Å². The summed E-state index contributed by atoms with van der Waals surface area (Å²) in [4.78, 5) is 22.8. The van der Waals surface area contributed by atoms with Gasteiger partial charge in [-0.25, -0.2) is 0 Å². The van der Waals surface area contributed by atoms with Crippen LogP contribution in [0.25, 0.3) is 0 Å². The first-order valence-electron chi connectivity index (χ1n) is 9.81. The number of carboxylic acids is 1. The first-order valence-corrected chi connectivity index (χ1v) is 9.81. The number of hydrogen-bond donors (Lipinski definition) is 1. The van der Waals surface area contributed by atoms with E-state index in [-0.39, 0.29) is 68.8 Å². The molecule has 1 N–H and O–H groups in total. The first-order chi connectivity index (χ1) is 12.6. The summed E-state index contributed by atoms with van der Waals surface area (Å²) >= 11 is 0. The van der Waals surface area contributed by atoms with Crippen LogP contribution in [0.2, 0.25) is 0 Å². The van der Waals surface area contributed by atoms with Gasteiger partial charge in [0.25, 0.3) is 0 Å². The molecule has 0 aliphatic rings. The Kier molecular flexibility index (Phi) is 23.4. The number of hydrogen-bond acceptors (Lipinski definition) is 6. The number of rotatable bonds is 18. The molecule has 0 amide bonds. The third-order valence-corrected chi connectivity index (χ3v) is 4.03. The molecule has 0 saturated carbocycles. The van der Waals surface area contributed by atoms with Crippen molar-refractivity contribution in [3.05, 3.63) is 12.2 Å². The third kappa shape index (κ3) is 20.2. The van der Waals surface area contributed by atoms with Gasteiger partial charge >= 0.3 is 35.5 Å². The van der Waals surface area contributed by atoms with Gasteiger partial charge in [0, 0.05) is 11.9 Å². The van der Waals surface area contributed by atoms with Gasteiger partial charge in [0.1, 0.15) is 6.61 Å². The number of aliphatic hydroxyl groups excluding tert-OH is 1. The molecule has 0 aliphatic heterocycles. The number of carboxylic acid groups (broad SMARTS) is 1. The minimum Gasteiger partial charge on any atom is -0.550 e. The van der Waals surface area contributed by atoms with Crippen molar-refractivity contribution in [1.82, 2.24) is 0 Å². The Morgan fingerprint density at radius 3 is 2.30 bits per heavy atom. The van der Waals surface area contributed by atoms with Crippen LogP contribution in [0.4, 0.5) is 0 Å². The number of carbonyl (C=O) groups excluding carboxylic acids is 2. The Hall–Kier alpha value is -0.400. The summed E-state index contributed by atoms with van der Waals surface area (Å²) in [5.41, 5.74) is 0. The van der Waals surface area contributed by atoms with Crippen molar-refractivity contribution in [2.45, 2.75) is 71.1 Å². The quantitative estimate of drug-likeness (QED) is 0.144. The summed E-state index contributed by atoms with van der Waals surface area (Å²) in [6, 6.07) is 0. The van der Waals surface area contributed by atoms with Crippen molar-refractivity contribution < 1.29 is 58.8 Å². The van der Waals surface area contributed by atoms with E-state index in [1.807, 2.05) is 12.2 Å². The van der Waals surface area contributed by atoms with E-state index in [9.17, 15) is 14.7 Å². The van der Waals surface area contributed by atoms with Crippen LogP contribution >= 0.6 is 0 Å². The van der Waals surface area contributed by atoms with Crippen LogP contribution in [0, 0.1) is 5.92 Å². The first kappa shape index (κ1) is 28.8. The van der Waals surface area contributed by atoms with Crippen molar-refractivity contribution in [3.8, 4) is 0 Å². The van der Waals surface area contributed by atoms with Gasteiger partial charge in [-0.3, -0.25) is 4.79 Å². The summed E-state index contributed by atoms with van der Waals surface area (Å²) in [5.74, 6) is -2.68. The van der Waals surface area contributed by atoms with E-state index < -0.39 is 17.9 Å². The van der Waals surface area contributed by atoms with Crippen LogP contribution in [0.3, 0.4) is 0 Å².